The van der Waals surface area contributed by atoms with Gasteiger partial charge in [0.1, 0.15) is 0 Å². The van der Waals surface area contributed by atoms with Gasteiger partial charge in [-0.2, -0.15) is 0 Å². The van der Waals surface area contributed by atoms with Crippen LogP contribution in [0, 0.1) is 5.92 Å². The van der Waals surface area contributed by atoms with E-state index in [1.165, 1.54) is 19.3 Å². The molecule has 0 aromatic rings. The van der Waals surface area contributed by atoms with Crippen molar-refractivity contribution >= 4 is 11.8 Å². The van der Waals surface area contributed by atoms with E-state index in [0.717, 1.165) is 58.0 Å². The lowest BCUT2D eigenvalue weighted by Gasteiger charge is -2.38. The largest absolute Gasteiger partial charge is 0.339 e. The maximum absolute atomic E-state index is 12.5. The Hall–Kier alpha value is -1.14. The summed E-state index contributed by atoms with van der Waals surface area (Å²) in [4.78, 5) is 30.9. The monoisotopic (exact) mass is 336 g/mol. The number of amides is 2. The Labute approximate surface area is 145 Å². The Balaban J connectivity index is 1.35. The van der Waals surface area contributed by atoms with Crippen LogP contribution < -0.4 is 5.32 Å². The molecule has 2 aliphatic heterocycles. The third kappa shape index (κ3) is 4.93. The summed E-state index contributed by atoms with van der Waals surface area (Å²) in [5.74, 6) is 1.26. The Morgan fingerprint density at radius 1 is 0.958 bits per heavy atom. The lowest BCUT2D eigenvalue weighted by molar-refractivity contribution is -0.137. The molecule has 0 spiro atoms. The van der Waals surface area contributed by atoms with Gasteiger partial charge in [0.2, 0.25) is 11.8 Å². The first-order valence-electron chi connectivity index (χ1n) is 9.64. The van der Waals surface area contributed by atoms with E-state index in [-0.39, 0.29) is 11.8 Å². The SMILES string of the molecule is CC1CCCCN1C(=O)CN1CCN(C(=O)CNCC2CC2)CC1. The van der Waals surface area contributed by atoms with Gasteiger partial charge in [0, 0.05) is 38.8 Å². The zero-order valence-corrected chi connectivity index (χ0v) is 15.0. The quantitative estimate of drug-likeness (QED) is 0.769. The summed E-state index contributed by atoms with van der Waals surface area (Å²) < 4.78 is 0. The normalized spacial score (nSPS) is 25.8. The lowest BCUT2D eigenvalue weighted by Crippen LogP contribution is -2.54. The summed E-state index contributed by atoms with van der Waals surface area (Å²) in [5, 5.41) is 3.27. The van der Waals surface area contributed by atoms with Gasteiger partial charge in [-0.1, -0.05) is 0 Å². The minimum absolute atomic E-state index is 0.200. The highest BCUT2D eigenvalue weighted by Crippen LogP contribution is 2.27. The molecule has 1 atom stereocenters. The molecule has 2 heterocycles. The minimum atomic E-state index is 0.200. The van der Waals surface area contributed by atoms with Crippen LogP contribution in [0.2, 0.25) is 0 Å². The Morgan fingerprint density at radius 3 is 2.38 bits per heavy atom. The molecule has 24 heavy (non-hydrogen) atoms. The standard InChI is InChI=1S/C18H32N4O2/c1-15-4-2-3-7-22(15)18(24)14-20-8-10-21(11-9-20)17(23)13-19-12-16-5-6-16/h15-16,19H,2-14H2,1H3. The van der Waals surface area contributed by atoms with Gasteiger partial charge in [-0.3, -0.25) is 14.5 Å². The van der Waals surface area contributed by atoms with Gasteiger partial charge >= 0.3 is 0 Å². The predicted octanol–water partition coefficient (Wildman–Crippen LogP) is 0.531. The summed E-state index contributed by atoms with van der Waals surface area (Å²) >= 11 is 0. The molecule has 0 bridgehead atoms. The van der Waals surface area contributed by atoms with Gasteiger partial charge < -0.3 is 15.1 Å². The van der Waals surface area contributed by atoms with Gasteiger partial charge in [0.05, 0.1) is 13.1 Å². The van der Waals surface area contributed by atoms with Crippen molar-refractivity contribution in [1.29, 1.82) is 0 Å². The van der Waals surface area contributed by atoms with Crippen LogP contribution in [-0.4, -0.2) is 84.9 Å². The molecule has 1 N–H and O–H groups in total. The molecule has 0 aromatic heterocycles. The lowest BCUT2D eigenvalue weighted by atomic mass is 10.0. The second-order valence-corrected chi connectivity index (χ2v) is 7.66. The number of likely N-dealkylation sites (tertiary alicyclic amines) is 1. The van der Waals surface area contributed by atoms with E-state index < -0.39 is 0 Å². The fourth-order valence-electron chi connectivity index (χ4n) is 3.72. The van der Waals surface area contributed by atoms with Crippen LogP contribution in [0.1, 0.15) is 39.0 Å². The molecule has 6 heteroatoms. The van der Waals surface area contributed by atoms with Crippen molar-refractivity contribution in [1.82, 2.24) is 20.0 Å². The second-order valence-electron chi connectivity index (χ2n) is 7.66. The molecule has 3 fully saturated rings. The molecule has 136 valence electrons. The number of hydrogen-bond donors (Lipinski definition) is 1. The van der Waals surface area contributed by atoms with Crippen LogP contribution in [0.4, 0.5) is 0 Å². The van der Waals surface area contributed by atoms with E-state index in [2.05, 4.69) is 17.1 Å². The Bertz CT molecular complexity index is 444. The van der Waals surface area contributed by atoms with E-state index in [4.69, 9.17) is 0 Å². The number of piperidine rings is 1. The van der Waals surface area contributed by atoms with Crippen molar-refractivity contribution in [3.05, 3.63) is 0 Å². The van der Waals surface area contributed by atoms with Gasteiger partial charge in [0.25, 0.3) is 0 Å². The van der Waals surface area contributed by atoms with Crippen molar-refractivity contribution in [3.63, 3.8) is 0 Å². The van der Waals surface area contributed by atoms with Crippen LogP contribution in [0.15, 0.2) is 0 Å². The summed E-state index contributed by atoms with van der Waals surface area (Å²) in [6.07, 6.45) is 6.11. The molecular formula is C18H32N4O2. The van der Waals surface area contributed by atoms with E-state index in [9.17, 15) is 9.59 Å². The van der Waals surface area contributed by atoms with Gasteiger partial charge in [-0.15, -0.1) is 0 Å². The third-order valence-electron chi connectivity index (χ3n) is 5.61. The van der Waals surface area contributed by atoms with Crippen LogP contribution in [0.3, 0.4) is 0 Å². The zero-order valence-electron chi connectivity index (χ0n) is 15.0. The smallest absolute Gasteiger partial charge is 0.236 e. The molecule has 1 unspecified atom stereocenters. The number of nitrogens with zero attached hydrogens (tertiary/aromatic N) is 3. The van der Waals surface area contributed by atoms with Crippen molar-refractivity contribution < 1.29 is 9.59 Å². The zero-order chi connectivity index (χ0) is 16.9. The fraction of sp³-hybridized carbons (Fsp3) is 0.889. The molecule has 3 aliphatic rings. The molecule has 2 saturated heterocycles. The molecule has 6 nitrogen and oxygen atoms in total. The van der Waals surface area contributed by atoms with Gasteiger partial charge in [-0.25, -0.2) is 0 Å². The Kier molecular flexibility index (Phi) is 6.11. The molecular weight excluding hydrogens is 304 g/mol. The van der Waals surface area contributed by atoms with Crippen LogP contribution in [0.25, 0.3) is 0 Å². The average Bonchev–Trinajstić information content (AvgIpc) is 3.40. The number of nitrogens with one attached hydrogen (secondary N) is 1. The second kappa shape index (κ2) is 8.30. The predicted molar refractivity (Wildman–Crippen MR) is 93.6 cm³/mol. The highest BCUT2D eigenvalue weighted by molar-refractivity contribution is 5.79. The van der Waals surface area contributed by atoms with Crippen LogP contribution in [0.5, 0.6) is 0 Å². The average molecular weight is 336 g/mol. The van der Waals surface area contributed by atoms with Crippen LogP contribution in [-0.2, 0) is 9.59 Å². The molecule has 1 aliphatic carbocycles. The van der Waals surface area contributed by atoms with Crippen molar-refractivity contribution in [2.45, 2.75) is 45.1 Å². The maximum Gasteiger partial charge on any atom is 0.236 e. The summed E-state index contributed by atoms with van der Waals surface area (Å²) in [6.45, 7) is 8.11. The number of hydrogen-bond acceptors (Lipinski definition) is 4. The van der Waals surface area contributed by atoms with Crippen LogP contribution >= 0.6 is 0 Å². The van der Waals surface area contributed by atoms with Crippen molar-refractivity contribution in [2.24, 2.45) is 5.92 Å². The maximum atomic E-state index is 12.5. The fourth-order valence-corrected chi connectivity index (χ4v) is 3.72. The third-order valence-corrected chi connectivity index (χ3v) is 5.61. The number of carbonyl (C=O) groups is 2. The first kappa shape index (κ1) is 17.7. The molecule has 0 radical (unpaired) electrons. The highest BCUT2D eigenvalue weighted by atomic mass is 16.2. The van der Waals surface area contributed by atoms with Crippen molar-refractivity contribution in [3.8, 4) is 0 Å². The van der Waals surface area contributed by atoms with Gasteiger partial charge in [-0.05, 0) is 51.5 Å². The van der Waals surface area contributed by atoms with E-state index in [1.807, 2.05) is 9.80 Å². The summed E-state index contributed by atoms with van der Waals surface area (Å²) in [7, 11) is 0. The number of rotatable bonds is 6. The molecule has 1 saturated carbocycles. The first-order valence-corrected chi connectivity index (χ1v) is 9.64. The molecule has 3 rings (SSSR count). The van der Waals surface area contributed by atoms with E-state index in [1.54, 1.807) is 0 Å². The molecule has 0 aromatic carbocycles. The topological polar surface area (TPSA) is 55.9 Å². The summed E-state index contributed by atoms with van der Waals surface area (Å²) in [6, 6.07) is 0.381. The van der Waals surface area contributed by atoms with E-state index >= 15 is 0 Å². The number of carbonyl (C=O) groups excluding carboxylic acids is 2. The molecule has 2 amide bonds. The summed E-state index contributed by atoms with van der Waals surface area (Å²) in [5.41, 5.74) is 0. The minimum Gasteiger partial charge on any atom is -0.339 e. The van der Waals surface area contributed by atoms with Crippen molar-refractivity contribution in [2.75, 3.05) is 52.4 Å². The van der Waals surface area contributed by atoms with Gasteiger partial charge in [0.15, 0.2) is 0 Å². The highest BCUT2D eigenvalue weighted by Gasteiger charge is 2.27. The van der Waals surface area contributed by atoms with E-state index in [0.29, 0.717) is 19.1 Å². The number of piperazine rings is 1. The Morgan fingerprint density at radius 2 is 1.71 bits per heavy atom. The first-order chi connectivity index (χ1) is 11.6.